The lowest BCUT2D eigenvalue weighted by atomic mass is 10.2. The zero-order chi connectivity index (χ0) is 15.5. The molecule has 0 heterocycles. The highest BCUT2D eigenvalue weighted by Gasteiger charge is 2.28. The zero-order valence-corrected chi connectivity index (χ0v) is 12.9. The monoisotopic (exact) mass is 361 g/mol. The number of hydrogen-bond acceptors (Lipinski definition) is 4. The molecule has 0 aromatic heterocycles. The minimum atomic E-state index is -4.27. The number of aliphatic hydroxyl groups excluding tert-OH is 1. The maximum Gasteiger partial charge on any atom is 0.321 e. The molecule has 0 fully saturated rings. The van der Waals surface area contributed by atoms with Crippen molar-refractivity contribution < 1.29 is 23.4 Å². The van der Waals surface area contributed by atoms with Gasteiger partial charge < -0.3 is 10.2 Å². The third-order valence-electron chi connectivity index (χ3n) is 2.25. The van der Waals surface area contributed by atoms with E-state index in [4.69, 9.17) is 45.0 Å². The van der Waals surface area contributed by atoms with Crippen LogP contribution >= 0.6 is 34.8 Å². The fraction of sp³-hybridized carbons (Fsp3) is 0.300. The van der Waals surface area contributed by atoms with Crippen LogP contribution in [0.15, 0.2) is 17.0 Å². The van der Waals surface area contributed by atoms with Crippen LogP contribution in [-0.4, -0.2) is 37.2 Å². The fourth-order valence-electron chi connectivity index (χ4n) is 1.39. The Bertz CT molecular complexity index is 596. The van der Waals surface area contributed by atoms with E-state index in [2.05, 4.69) is 0 Å². The molecule has 1 aromatic rings. The quantitative estimate of drug-likeness (QED) is 0.715. The van der Waals surface area contributed by atoms with Crippen molar-refractivity contribution in [1.29, 1.82) is 0 Å². The van der Waals surface area contributed by atoms with E-state index < -0.39 is 33.5 Å². The first-order valence-corrected chi connectivity index (χ1v) is 7.81. The van der Waals surface area contributed by atoms with Gasteiger partial charge in [0.15, 0.2) is 0 Å². The van der Waals surface area contributed by atoms with Crippen molar-refractivity contribution in [3.8, 4) is 0 Å². The summed E-state index contributed by atoms with van der Waals surface area (Å²) in [4.78, 5) is 10.4. The molecule has 1 atom stereocenters. The maximum absolute atomic E-state index is 12.1. The summed E-state index contributed by atoms with van der Waals surface area (Å²) in [5, 5.41) is 17.3. The molecule has 6 nitrogen and oxygen atoms in total. The second kappa shape index (κ2) is 6.93. The summed E-state index contributed by atoms with van der Waals surface area (Å²) in [5.41, 5.74) is 0. The largest absolute Gasteiger partial charge is 0.480 e. The van der Waals surface area contributed by atoms with Gasteiger partial charge in [-0.05, 0) is 18.6 Å². The number of carboxylic acid groups (broad SMARTS) is 1. The molecule has 3 N–H and O–H groups in total. The van der Waals surface area contributed by atoms with Crippen molar-refractivity contribution in [3.05, 3.63) is 27.2 Å². The average Bonchev–Trinajstić information content (AvgIpc) is 2.25. The molecule has 0 bridgehead atoms. The van der Waals surface area contributed by atoms with Gasteiger partial charge in [0.1, 0.15) is 10.9 Å². The Morgan fingerprint density at radius 3 is 2.15 bits per heavy atom. The number of hydrogen-bond donors (Lipinski definition) is 3. The van der Waals surface area contributed by atoms with Crippen LogP contribution in [0.4, 0.5) is 0 Å². The molecule has 0 saturated heterocycles. The van der Waals surface area contributed by atoms with E-state index in [1.807, 2.05) is 4.72 Å². The van der Waals surface area contributed by atoms with E-state index in [1.165, 1.54) is 12.1 Å². The highest BCUT2D eigenvalue weighted by molar-refractivity contribution is 7.89. The SMILES string of the molecule is O=C(O)C(CCO)NS(=O)(=O)c1c(Cl)cc(Cl)cc1Cl. The molecule has 0 aliphatic rings. The standard InChI is InChI=1S/C10H10Cl3NO5S/c11-5-3-6(12)9(7(13)4-5)20(18,19)14-8(1-2-15)10(16)17/h3-4,8,14-15H,1-2H2,(H,16,17). The lowest BCUT2D eigenvalue weighted by molar-refractivity contribution is -0.139. The average molecular weight is 363 g/mol. The van der Waals surface area contributed by atoms with Gasteiger partial charge in [-0.25, -0.2) is 8.42 Å². The van der Waals surface area contributed by atoms with Crippen molar-refractivity contribution >= 4 is 50.8 Å². The van der Waals surface area contributed by atoms with Crippen LogP contribution < -0.4 is 4.72 Å². The van der Waals surface area contributed by atoms with Gasteiger partial charge in [-0.1, -0.05) is 34.8 Å². The molecule has 1 unspecified atom stereocenters. The number of aliphatic carboxylic acids is 1. The van der Waals surface area contributed by atoms with Gasteiger partial charge in [0.05, 0.1) is 10.0 Å². The molecule has 0 aliphatic carbocycles. The molecule has 0 amide bonds. The van der Waals surface area contributed by atoms with Crippen LogP contribution in [0.3, 0.4) is 0 Å². The second-order valence-electron chi connectivity index (χ2n) is 3.72. The molecule has 20 heavy (non-hydrogen) atoms. The number of nitrogens with one attached hydrogen (secondary N) is 1. The highest BCUT2D eigenvalue weighted by atomic mass is 35.5. The van der Waals surface area contributed by atoms with Crippen molar-refractivity contribution in [2.75, 3.05) is 6.61 Å². The number of aliphatic hydroxyl groups is 1. The second-order valence-corrected chi connectivity index (χ2v) is 6.62. The van der Waals surface area contributed by atoms with Crippen LogP contribution in [0.2, 0.25) is 15.1 Å². The molecular formula is C10H10Cl3NO5S. The number of carbonyl (C=O) groups is 1. The van der Waals surface area contributed by atoms with Crippen LogP contribution in [0.5, 0.6) is 0 Å². The molecule has 10 heteroatoms. The summed E-state index contributed by atoms with van der Waals surface area (Å²) < 4.78 is 26.1. The minimum Gasteiger partial charge on any atom is -0.480 e. The predicted molar refractivity (Wildman–Crippen MR) is 74.9 cm³/mol. The predicted octanol–water partition coefficient (Wildman–Crippen LogP) is 1.76. The van der Waals surface area contributed by atoms with Gasteiger partial charge in [0.25, 0.3) is 0 Å². The molecule has 0 spiro atoms. The Morgan fingerprint density at radius 2 is 1.75 bits per heavy atom. The van der Waals surface area contributed by atoms with Crippen molar-refractivity contribution in [2.24, 2.45) is 0 Å². The zero-order valence-electron chi connectivity index (χ0n) is 9.81. The number of sulfonamides is 1. The molecule has 112 valence electrons. The Kier molecular flexibility index (Phi) is 6.06. The lowest BCUT2D eigenvalue weighted by Crippen LogP contribution is -2.41. The van der Waals surface area contributed by atoms with Gasteiger partial charge in [-0.2, -0.15) is 4.72 Å². The highest BCUT2D eigenvalue weighted by Crippen LogP contribution is 2.32. The molecule has 1 rings (SSSR count). The van der Waals surface area contributed by atoms with Gasteiger partial charge in [-0.3, -0.25) is 4.79 Å². The van der Waals surface area contributed by atoms with E-state index in [1.54, 1.807) is 0 Å². The Hall–Kier alpha value is -0.570. The third kappa shape index (κ3) is 4.21. The van der Waals surface area contributed by atoms with Crippen LogP contribution in [0.25, 0.3) is 0 Å². The molecule has 0 radical (unpaired) electrons. The number of benzene rings is 1. The summed E-state index contributed by atoms with van der Waals surface area (Å²) in [7, 11) is -4.27. The molecule has 0 aliphatic heterocycles. The fourth-order valence-corrected chi connectivity index (χ4v) is 4.16. The van der Waals surface area contributed by atoms with Crippen molar-refractivity contribution in [3.63, 3.8) is 0 Å². The van der Waals surface area contributed by atoms with E-state index in [0.29, 0.717) is 0 Å². The smallest absolute Gasteiger partial charge is 0.321 e. The van der Waals surface area contributed by atoms with Gasteiger partial charge in [0.2, 0.25) is 10.0 Å². The number of rotatable bonds is 6. The Morgan fingerprint density at radius 1 is 1.25 bits per heavy atom. The first-order chi connectivity index (χ1) is 9.19. The normalized spacial score (nSPS) is 13.2. The third-order valence-corrected chi connectivity index (χ3v) is 4.86. The summed E-state index contributed by atoms with van der Waals surface area (Å²) >= 11 is 17.2. The number of carboxylic acids is 1. The Balaban J connectivity index is 3.20. The topological polar surface area (TPSA) is 104 Å². The van der Waals surface area contributed by atoms with E-state index in [0.717, 1.165) is 0 Å². The van der Waals surface area contributed by atoms with Crippen molar-refractivity contribution in [1.82, 2.24) is 4.72 Å². The molecule has 1 aromatic carbocycles. The van der Waals surface area contributed by atoms with E-state index in [-0.39, 0.29) is 21.5 Å². The summed E-state index contributed by atoms with van der Waals surface area (Å²) in [6.45, 7) is -0.498. The Labute approximate surface area is 130 Å². The van der Waals surface area contributed by atoms with Crippen LogP contribution in [-0.2, 0) is 14.8 Å². The molecular weight excluding hydrogens is 353 g/mol. The number of halogens is 3. The summed E-state index contributed by atoms with van der Waals surface area (Å²) in [6.07, 6.45) is -0.294. The van der Waals surface area contributed by atoms with Gasteiger partial charge in [0, 0.05) is 11.6 Å². The maximum atomic E-state index is 12.1. The van der Waals surface area contributed by atoms with E-state index >= 15 is 0 Å². The minimum absolute atomic E-state index is 0.143. The van der Waals surface area contributed by atoms with E-state index in [9.17, 15) is 13.2 Å². The summed E-state index contributed by atoms with van der Waals surface area (Å²) in [6, 6.07) is 0.851. The first-order valence-electron chi connectivity index (χ1n) is 5.19. The molecule has 0 saturated carbocycles. The summed E-state index contributed by atoms with van der Waals surface area (Å²) in [5.74, 6) is -1.43. The van der Waals surface area contributed by atoms with Gasteiger partial charge >= 0.3 is 5.97 Å². The lowest BCUT2D eigenvalue weighted by Gasteiger charge is -2.15. The van der Waals surface area contributed by atoms with Crippen LogP contribution in [0, 0.1) is 0 Å². The first kappa shape index (κ1) is 17.5. The van der Waals surface area contributed by atoms with Gasteiger partial charge in [-0.15, -0.1) is 0 Å². The van der Waals surface area contributed by atoms with Crippen molar-refractivity contribution in [2.45, 2.75) is 17.4 Å². The van der Waals surface area contributed by atoms with Crippen LogP contribution in [0.1, 0.15) is 6.42 Å².